The second-order valence-electron chi connectivity index (χ2n) is 12.9. The van der Waals surface area contributed by atoms with Crippen LogP contribution in [-0.2, 0) is 5.75 Å². The SMILES string of the molecule is c1ccc2c(c1)SCc1c-2cccc1N(c1ccc(-c2ccc3ccc4ccccc4c3c2)cc1)c1cc2ccccc2c2ccccc12. The Hall–Kier alpha value is -5.83. The van der Waals surface area contributed by atoms with E-state index in [-0.39, 0.29) is 0 Å². The molecule has 0 spiro atoms. The van der Waals surface area contributed by atoms with E-state index in [0.717, 1.165) is 11.4 Å². The van der Waals surface area contributed by atoms with Crippen LogP contribution in [0.5, 0.6) is 0 Å². The molecule has 1 aliphatic heterocycles. The smallest absolute Gasteiger partial charge is 0.0546 e. The summed E-state index contributed by atoms with van der Waals surface area (Å²) in [5, 5.41) is 10.2. The van der Waals surface area contributed by atoms with Gasteiger partial charge in [0.1, 0.15) is 0 Å². The third-order valence-electron chi connectivity index (χ3n) is 10.1. The van der Waals surface area contributed by atoms with Crippen LogP contribution in [0.4, 0.5) is 17.1 Å². The molecule has 1 nitrogen and oxygen atoms in total. The Balaban J connectivity index is 1.18. The predicted octanol–water partition coefficient (Wildman–Crippen LogP) is 13.7. The minimum absolute atomic E-state index is 0.924. The lowest BCUT2D eigenvalue weighted by Gasteiger charge is -2.32. The monoisotopic (exact) mass is 641 g/mol. The standard InChI is InChI=1S/C47H31NS/c1-3-12-37-32(10-1)20-21-33-22-23-34(28-43(33)37)31-24-26-36(27-25-31)48(45-18-9-17-40-42-16-7-8-19-47(42)49-30-44(40)45)46-29-35-11-2-4-13-38(35)39-14-5-6-15-41(39)46/h1-29H,30H2. The van der Waals surface area contributed by atoms with Gasteiger partial charge in [-0.25, -0.2) is 0 Å². The lowest BCUT2D eigenvalue weighted by Crippen LogP contribution is -2.14. The molecule has 0 saturated heterocycles. The van der Waals surface area contributed by atoms with Gasteiger partial charge in [0.2, 0.25) is 0 Å². The first kappa shape index (κ1) is 28.2. The van der Waals surface area contributed by atoms with Crippen molar-refractivity contribution in [1.29, 1.82) is 0 Å². The second kappa shape index (κ2) is 11.4. The first-order chi connectivity index (χ1) is 24.3. The first-order valence-corrected chi connectivity index (χ1v) is 17.9. The number of benzene rings is 9. The van der Waals surface area contributed by atoms with Crippen LogP contribution in [0.1, 0.15) is 5.56 Å². The van der Waals surface area contributed by atoms with E-state index >= 15 is 0 Å². The molecule has 49 heavy (non-hydrogen) atoms. The highest BCUT2D eigenvalue weighted by atomic mass is 32.2. The van der Waals surface area contributed by atoms with Gasteiger partial charge < -0.3 is 4.90 Å². The maximum atomic E-state index is 2.50. The molecule has 2 heteroatoms. The maximum absolute atomic E-state index is 2.50. The summed E-state index contributed by atoms with van der Waals surface area (Å²) >= 11 is 1.93. The molecule has 0 aromatic heterocycles. The maximum Gasteiger partial charge on any atom is 0.0546 e. The molecular weight excluding hydrogens is 611 g/mol. The molecule has 0 N–H and O–H groups in total. The Kier molecular flexibility index (Phi) is 6.56. The van der Waals surface area contributed by atoms with Crippen LogP contribution in [0.15, 0.2) is 181 Å². The molecular formula is C47H31NS. The van der Waals surface area contributed by atoms with Gasteiger partial charge in [-0.3, -0.25) is 0 Å². The predicted molar refractivity (Wildman–Crippen MR) is 212 cm³/mol. The molecule has 9 aromatic carbocycles. The summed E-state index contributed by atoms with van der Waals surface area (Å²) in [6.07, 6.45) is 0. The summed E-state index contributed by atoms with van der Waals surface area (Å²) in [4.78, 5) is 3.85. The Morgan fingerprint density at radius 2 is 1.00 bits per heavy atom. The molecule has 0 bridgehead atoms. The zero-order chi connectivity index (χ0) is 32.3. The number of hydrogen-bond donors (Lipinski definition) is 0. The van der Waals surface area contributed by atoms with E-state index in [1.165, 1.54) is 87.2 Å². The Labute approximate surface area is 290 Å². The Bertz CT molecular complexity index is 2730. The zero-order valence-corrected chi connectivity index (χ0v) is 27.6. The van der Waals surface area contributed by atoms with E-state index in [2.05, 4.69) is 181 Å². The molecule has 0 fully saturated rings. The normalized spacial score (nSPS) is 12.3. The quantitative estimate of drug-likeness (QED) is 0.176. The van der Waals surface area contributed by atoms with Crippen molar-refractivity contribution >= 4 is 71.9 Å². The van der Waals surface area contributed by atoms with E-state index in [0.29, 0.717) is 0 Å². The second-order valence-corrected chi connectivity index (χ2v) is 13.9. The Morgan fingerprint density at radius 1 is 0.388 bits per heavy atom. The van der Waals surface area contributed by atoms with Gasteiger partial charge in [-0.1, -0.05) is 140 Å². The van der Waals surface area contributed by atoms with E-state index in [1.807, 2.05) is 11.8 Å². The fraction of sp³-hybridized carbons (Fsp3) is 0.0213. The van der Waals surface area contributed by atoms with Gasteiger partial charge in [0.25, 0.3) is 0 Å². The van der Waals surface area contributed by atoms with Crippen molar-refractivity contribution in [2.24, 2.45) is 0 Å². The van der Waals surface area contributed by atoms with Crippen LogP contribution in [0.25, 0.3) is 65.3 Å². The first-order valence-electron chi connectivity index (χ1n) is 16.9. The topological polar surface area (TPSA) is 3.24 Å². The lowest BCUT2D eigenvalue weighted by molar-refractivity contribution is 1.23. The molecule has 0 unspecified atom stereocenters. The highest BCUT2D eigenvalue weighted by Crippen LogP contribution is 2.49. The van der Waals surface area contributed by atoms with Crippen LogP contribution in [-0.4, -0.2) is 0 Å². The fourth-order valence-corrected chi connectivity index (χ4v) is 8.88. The van der Waals surface area contributed by atoms with E-state index in [4.69, 9.17) is 0 Å². The van der Waals surface area contributed by atoms with Crippen molar-refractivity contribution in [2.45, 2.75) is 10.6 Å². The summed E-state index contributed by atoms with van der Waals surface area (Å²) in [7, 11) is 0. The molecule has 0 saturated carbocycles. The number of hydrogen-bond acceptors (Lipinski definition) is 2. The minimum Gasteiger partial charge on any atom is -0.310 e. The molecule has 0 radical (unpaired) electrons. The molecule has 0 aliphatic carbocycles. The van der Waals surface area contributed by atoms with Gasteiger partial charge in [-0.05, 0) is 102 Å². The van der Waals surface area contributed by atoms with Crippen LogP contribution in [0.3, 0.4) is 0 Å². The van der Waals surface area contributed by atoms with Crippen molar-refractivity contribution in [3.8, 4) is 22.3 Å². The molecule has 1 heterocycles. The summed E-state index contributed by atoms with van der Waals surface area (Å²) in [6, 6.07) is 64.8. The number of rotatable bonds is 4. The van der Waals surface area contributed by atoms with Gasteiger partial charge in [0.05, 0.1) is 11.4 Å². The van der Waals surface area contributed by atoms with E-state index < -0.39 is 0 Å². The zero-order valence-electron chi connectivity index (χ0n) is 26.8. The van der Waals surface area contributed by atoms with Crippen molar-refractivity contribution in [1.82, 2.24) is 0 Å². The molecule has 0 atom stereocenters. The number of anilines is 3. The van der Waals surface area contributed by atoms with E-state index in [9.17, 15) is 0 Å². The largest absolute Gasteiger partial charge is 0.310 e. The summed E-state index contributed by atoms with van der Waals surface area (Å²) in [5.41, 5.74) is 10.0. The number of fused-ring (bicyclic) bond motifs is 9. The molecule has 0 amide bonds. The average molecular weight is 642 g/mol. The van der Waals surface area contributed by atoms with Crippen LogP contribution in [0.2, 0.25) is 0 Å². The fourth-order valence-electron chi connectivity index (χ4n) is 7.77. The number of thioether (sulfide) groups is 1. The van der Waals surface area contributed by atoms with Gasteiger partial charge in [0, 0.05) is 21.7 Å². The molecule has 230 valence electrons. The highest BCUT2D eigenvalue weighted by molar-refractivity contribution is 7.98. The summed E-state index contributed by atoms with van der Waals surface area (Å²) < 4.78 is 0. The third-order valence-corrected chi connectivity index (χ3v) is 11.2. The van der Waals surface area contributed by atoms with Crippen molar-refractivity contribution in [3.63, 3.8) is 0 Å². The van der Waals surface area contributed by atoms with E-state index in [1.54, 1.807) is 0 Å². The average Bonchev–Trinajstić information content (AvgIpc) is 3.18. The molecule has 10 rings (SSSR count). The van der Waals surface area contributed by atoms with Gasteiger partial charge in [-0.2, -0.15) is 0 Å². The van der Waals surface area contributed by atoms with Crippen molar-refractivity contribution < 1.29 is 0 Å². The highest BCUT2D eigenvalue weighted by Gasteiger charge is 2.25. The minimum atomic E-state index is 0.924. The number of nitrogens with zero attached hydrogens (tertiary/aromatic N) is 1. The molecule has 9 aromatic rings. The van der Waals surface area contributed by atoms with Gasteiger partial charge in [0.15, 0.2) is 0 Å². The summed E-state index contributed by atoms with van der Waals surface area (Å²) in [6.45, 7) is 0. The van der Waals surface area contributed by atoms with Crippen LogP contribution < -0.4 is 4.90 Å². The van der Waals surface area contributed by atoms with Crippen LogP contribution >= 0.6 is 11.8 Å². The van der Waals surface area contributed by atoms with Crippen molar-refractivity contribution in [2.75, 3.05) is 4.90 Å². The molecule has 1 aliphatic rings. The third kappa shape index (κ3) is 4.63. The van der Waals surface area contributed by atoms with Gasteiger partial charge in [-0.15, -0.1) is 11.8 Å². The summed E-state index contributed by atoms with van der Waals surface area (Å²) in [5.74, 6) is 0.924. The van der Waals surface area contributed by atoms with Crippen LogP contribution in [0, 0.1) is 0 Å². The lowest BCUT2D eigenvalue weighted by atomic mass is 9.95. The van der Waals surface area contributed by atoms with Crippen molar-refractivity contribution in [3.05, 3.63) is 181 Å². The Morgan fingerprint density at radius 3 is 1.84 bits per heavy atom. The van der Waals surface area contributed by atoms with Gasteiger partial charge >= 0.3 is 0 Å².